The Bertz CT molecular complexity index is 151. The fourth-order valence-electron chi connectivity index (χ4n) is 0.868. The Kier molecular flexibility index (Phi) is 2.10. The maximum Gasteiger partial charge on any atom is 0.325 e. The molecular weight excluding hydrogens is 162 g/mol. The minimum atomic E-state index is -3.69. The van der Waals surface area contributed by atoms with E-state index in [-0.39, 0.29) is 0 Å². The summed E-state index contributed by atoms with van der Waals surface area (Å²) in [5.41, 5.74) is 0. The van der Waals surface area contributed by atoms with Crippen molar-refractivity contribution in [3.05, 3.63) is 0 Å². The molecule has 0 aromatic heterocycles. The molecule has 1 heterocycles. The molecule has 3 unspecified atom stereocenters. The van der Waals surface area contributed by atoms with Gasteiger partial charge in [-0.1, -0.05) is 0 Å². The van der Waals surface area contributed by atoms with E-state index in [0.717, 1.165) is 0 Å². The molecule has 0 aromatic rings. The van der Waals surface area contributed by atoms with Crippen LogP contribution in [0.15, 0.2) is 0 Å². The third-order valence-corrected chi connectivity index (χ3v) is 1.56. The first kappa shape index (κ1) is 8.79. The molecule has 0 aliphatic carbocycles. The lowest BCUT2D eigenvalue weighted by molar-refractivity contribution is -0.198. The highest BCUT2D eigenvalue weighted by Crippen LogP contribution is 2.34. The zero-order valence-corrected chi connectivity index (χ0v) is 5.44. The average Bonchev–Trinajstić information content (AvgIpc) is 2.14. The number of aliphatic hydroxyl groups is 3. The average molecular weight is 170 g/mol. The summed E-state index contributed by atoms with van der Waals surface area (Å²) < 4.78 is 29.0. The van der Waals surface area contributed by atoms with Gasteiger partial charge >= 0.3 is 5.92 Å². The first-order chi connectivity index (χ1) is 5.00. The second-order valence-electron chi connectivity index (χ2n) is 2.33. The first-order valence-corrected chi connectivity index (χ1v) is 3.00. The molecule has 3 N–H and O–H groups in total. The molecule has 4 nitrogen and oxygen atoms in total. The predicted octanol–water partition coefficient (Wildman–Crippen LogP) is -1.31. The van der Waals surface area contributed by atoms with E-state index in [1.165, 1.54) is 0 Å². The molecule has 0 aromatic carbocycles. The lowest BCUT2D eigenvalue weighted by Gasteiger charge is -2.14. The second kappa shape index (κ2) is 2.63. The number of aliphatic hydroxyl groups excluding tert-OH is 3. The Balaban J connectivity index is 2.71. The summed E-state index contributed by atoms with van der Waals surface area (Å²) in [6, 6.07) is 0. The topological polar surface area (TPSA) is 69.9 Å². The zero-order valence-electron chi connectivity index (χ0n) is 5.44. The summed E-state index contributed by atoms with van der Waals surface area (Å²) in [5.74, 6) is -3.69. The number of rotatable bonds is 1. The van der Waals surface area contributed by atoms with Gasteiger partial charge in [0.2, 0.25) is 6.29 Å². The second-order valence-corrected chi connectivity index (χ2v) is 2.33. The smallest absolute Gasteiger partial charge is 0.325 e. The third kappa shape index (κ3) is 1.22. The molecule has 6 heteroatoms. The van der Waals surface area contributed by atoms with Crippen molar-refractivity contribution in [2.45, 2.75) is 24.4 Å². The van der Waals surface area contributed by atoms with Crippen LogP contribution >= 0.6 is 0 Å². The fourth-order valence-corrected chi connectivity index (χ4v) is 0.868. The highest BCUT2D eigenvalue weighted by atomic mass is 19.3. The minimum Gasteiger partial charge on any atom is -0.394 e. The number of hydrogen-bond donors (Lipinski definition) is 3. The van der Waals surface area contributed by atoms with Crippen molar-refractivity contribution >= 4 is 0 Å². The van der Waals surface area contributed by atoms with Crippen LogP contribution in [0.3, 0.4) is 0 Å². The van der Waals surface area contributed by atoms with Gasteiger partial charge in [-0.25, -0.2) is 0 Å². The molecule has 1 aliphatic heterocycles. The molecule has 0 saturated carbocycles. The van der Waals surface area contributed by atoms with Gasteiger partial charge in [0.1, 0.15) is 6.10 Å². The van der Waals surface area contributed by atoms with Crippen molar-refractivity contribution in [3.8, 4) is 0 Å². The highest BCUT2D eigenvalue weighted by Gasteiger charge is 2.57. The standard InChI is InChI=1S/C5H8F2O4/c6-5(7)3(9)2(1-8)11-4(5)10/h2-4,8-10H,1H2. The Labute approximate surface area is 61.0 Å². The largest absolute Gasteiger partial charge is 0.394 e. The Morgan fingerprint density at radius 2 is 1.91 bits per heavy atom. The Hall–Kier alpha value is -0.300. The van der Waals surface area contributed by atoms with E-state index in [1.54, 1.807) is 0 Å². The number of alkyl halides is 2. The molecule has 66 valence electrons. The van der Waals surface area contributed by atoms with Gasteiger partial charge in [-0.15, -0.1) is 0 Å². The molecular formula is C5H8F2O4. The van der Waals surface area contributed by atoms with Crippen LogP contribution in [0.25, 0.3) is 0 Å². The van der Waals surface area contributed by atoms with Crippen LogP contribution in [0, 0.1) is 0 Å². The van der Waals surface area contributed by atoms with Crippen LogP contribution in [-0.2, 0) is 4.74 Å². The quantitative estimate of drug-likeness (QED) is 0.457. The number of halogens is 2. The molecule has 0 spiro atoms. The molecule has 1 aliphatic rings. The van der Waals surface area contributed by atoms with Gasteiger partial charge < -0.3 is 20.1 Å². The number of ether oxygens (including phenoxy) is 1. The maximum absolute atomic E-state index is 12.4. The van der Waals surface area contributed by atoms with Crippen molar-refractivity contribution in [3.63, 3.8) is 0 Å². The molecule has 0 bridgehead atoms. The van der Waals surface area contributed by atoms with Gasteiger partial charge in [0.15, 0.2) is 6.10 Å². The van der Waals surface area contributed by atoms with Gasteiger partial charge in [0.25, 0.3) is 0 Å². The molecule has 1 saturated heterocycles. The molecule has 11 heavy (non-hydrogen) atoms. The van der Waals surface area contributed by atoms with Crippen LogP contribution in [0.1, 0.15) is 0 Å². The van der Waals surface area contributed by atoms with Crippen molar-refractivity contribution in [2.75, 3.05) is 6.61 Å². The van der Waals surface area contributed by atoms with E-state index in [4.69, 9.17) is 15.3 Å². The van der Waals surface area contributed by atoms with E-state index in [2.05, 4.69) is 4.74 Å². The minimum absolute atomic E-state index is 0.742. The van der Waals surface area contributed by atoms with Crippen LogP contribution in [-0.4, -0.2) is 46.3 Å². The molecule has 3 atom stereocenters. The first-order valence-electron chi connectivity index (χ1n) is 3.00. The molecule has 0 amide bonds. The lowest BCUT2D eigenvalue weighted by Crippen LogP contribution is -2.40. The van der Waals surface area contributed by atoms with Crippen LogP contribution < -0.4 is 0 Å². The SMILES string of the molecule is OCC1OC(O)C(F)(F)C1O. The summed E-state index contributed by atoms with van der Waals surface area (Å²) >= 11 is 0. The Morgan fingerprint density at radius 3 is 2.09 bits per heavy atom. The molecule has 1 rings (SSSR count). The van der Waals surface area contributed by atoms with Gasteiger partial charge in [0.05, 0.1) is 6.61 Å². The van der Waals surface area contributed by atoms with E-state index < -0.39 is 31.0 Å². The normalized spacial score (nSPS) is 42.8. The van der Waals surface area contributed by atoms with Crippen molar-refractivity contribution in [1.29, 1.82) is 0 Å². The van der Waals surface area contributed by atoms with Crippen LogP contribution in [0.2, 0.25) is 0 Å². The van der Waals surface area contributed by atoms with E-state index in [9.17, 15) is 8.78 Å². The Morgan fingerprint density at radius 1 is 1.36 bits per heavy atom. The maximum atomic E-state index is 12.4. The predicted molar refractivity (Wildman–Crippen MR) is 28.9 cm³/mol. The van der Waals surface area contributed by atoms with E-state index in [1.807, 2.05) is 0 Å². The summed E-state index contributed by atoms with van der Waals surface area (Å²) in [6.45, 7) is -0.742. The van der Waals surface area contributed by atoms with Gasteiger partial charge in [0, 0.05) is 0 Å². The third-order valence-electron chi connectivity index (χ3n) is 1.56. The van der Waals surface area contributed by atoms with Gasteiger partial charge in [-0.3, -0.25) is 0 Å². The summed E-state index contributed by atoms with van der Waals surface area (Å²) in [5, 5.41) is 25.5. The molecule has 1 fully saturated rings. The molecule has 0 radical (unpaired) electrons. The van der Waals surface area contributed by atoms with E-state index in [0.29, 0.717) is 0 Å². The van der Waals surface area contributed by atoms with Gasteiger partial charge in [-0.2, -0.15) is 8.78 Å². The summed E-state index contributed by atoms with van der Waals surface area (Å²) in [6.07, 6.45) is -5.86. The van der Waals surface area contributed by atoms with Crippen LogP contribution in [0.5, 0.6) is 0 Å². The summed E-state index contributed by atoms with van der Waals surface area (Å²) in [4.78, 5) is 0. The van der Waals surface area contributed by atoms with E-state index >= 15 is 0 Å². The van der Waals surface area contributed by atoms with Crippen LogP contribution in [0.4, 0.5) is 8.78 Å². The zero-order chi connectivity index (χ0) is 8.65. The van der Waals surface area contributed by atoms with Crippen molar-refractivity contribution in [1.82, 2.24) is 0 Å². The highest BCUT2D eigenvalue weighted by molar-refractivity contribution is 4.92. The number of hydrogen-bond acceptors (Lipinski definition) is 4. The fraction of sp³-hybridized carbons (Fsp3) is 1.00. The van der Waals surface area contributed by atoms with Gasteiger partial charge in [-0.05, 0) is 0 Å². The van der Waals surface area contributed by atoms with Crippen molar-refractivity contribution < 1.29 is 28.8 Å². The van der Waals surface area contributed by atoms with Crippen molar-refractivity contribution in [2.24, 2.45) is 0 Å². The monoisotopic (exact) mass is 170 g/mol. The lowest BCUT2D eigenvalue weighted by atomic mass is 10.1. The summed E-state index contributed by atoms with van der Waals surface area (Å²) in [7, 11) is 0.